The number of thiazole rings is 1. The normalized spacial score (nSPS) is 21.4. The van der Waals surface area contributed by atoms with Gasteiger partial charge >= 0.3 is 0 Å². The van der Waals surface area contributed by atoms with E-state index in [1.807, 2.05) is 20.8 Å². The minimum absolute atomic E-state index is 0. The van der Waals surface area contributed by atoms with E-state index in [4.69, 9.17) is 0 Å². The summed E-state index contributed by atoms with van der Waals surface area (Å²) < 4.78 is 26.0. The zero-order valence-corrected chi connectivity index (χ0v) is 13.1. The third kappa shape index (κ3) is 4.10. The number of carbonyl (C=O) groups excluding carboxylic acids is 1. The van der Waals surface area contributed by atoms with E-state index in [1.165, 1.54) is 11.3 Å². The predicted molar refractivity (Wildman–Crippen MR) is 78.0 cm³/mol. The summed E-state index contributed by atoms with van der Waals surface area (Å²) in [6.45, 7) is 5.69. The molecule has 0 saturated carbocycles. The number of nitrogens with zero attached hydrogens (tertiary/aromatic N) is 1. The van der Waals surface area contributed by atoms with Crippen molar-refractivity contribution in [2.24, 2.45) is 0 Å². The highest BCUT2D eigenvalue weighted by molar-refractivity contribution is 7.15. The van der Waals surface area contributed by atoms with Crippen LogP contribution >= 0.6 is 23.7 Å². The van der Waals surface area contributed by atoms with Crippen LogP contribution in [-0.4, -0.2) is 29.4 Å². The maximum atomic E-state index is 13.0. The topological polar surface area (TPSA) is 54.0 Å². The standard InChI is InChI=1S/C12H17F2N3OS.ClH/c1-11(2,3)8-5-15-10(19-8)17-9(18)7-4-12(13,14)6-16-7;/h5,7,16H,4,6H2,1-3H3,(H,15,17,18);1H. The first kappa shape index (κ1) is 17.3. The van der Waals surface area contributed by atoms with E-state index in [0.29, 0.717) is 5.13 Å². The number of hydrogen-bond donors (Lipinski definition) is 2. The molecule has 1 aliphatic rings. The molecule has 1 aliphatic heterocycles. The molecule has 1 saturated heterocycles. The minimum atomic E-state index is -2.80. The lowest BCUT2D eigenvalue weighted by Gasteiger charge is -2.14. The summed E-state index contributed by atoms with van der Waals surface area (Å²) in [5.74, 6) is -3.26. The van der Waals surface area contributed by atoms with E-state index in [1.54, 1.807) is 6.20 Å². The molecule has 0 spiro atoms. The second-order valence-electron chi connectivity index (χ2n) is 5.76. The third-order valence-corrected chi connectivity index (χ3v) is 4.24. The van der Waals surface area contributed by atoms with Gasteiger partial charge in [-0.05, 0) is 5.41 Å². The molecule has 1 unspecified atom stereocenters. The van der Waals surface area contributed by atoms with Crippen molar-refractivity contribution in [1.29, 1.82) is 0 Å². The summed E-state index contributed by atoms with van der Waals surface area (Å²) in [6, 6.07) is -0.850. The highest BCUT2D eigenvalue weighted by atomic mass is 35.5. The minimum Gasteiger partial charge on any atom is -0.301 e. The van der Waals surface area contributed by atoms with Crippen LogP contribution in [0.5, 0.6) is 0 Å². The monoisotopic (exact) mass is 325 g/mol. The lowest BCUT2D eigenvalue weighted by Crippen LogP contribution is -2.35. The number of carbonyl (C=O) groups is 1. The number of nitrogens with one attached hydrogen (secondary N) is 2. The average Bonchev–Trinajstić information content (AvgIpc) is 2.83. The van der Waals surface area contributed by atoms with Gasteiger partial charge in [0.05, 0.1) is 12.6 Å². The van der Waals surface area contributed by atoms with Gasteiger partial charge in [-0.25, -0.2) is 13.8 Å². The summed E-state index contributed by atoms with van der Waals surface area (Å²) in [7, 11) is 0. The van der Waals surface area contributed by atoms with Crippen molar-refractivity contribution in [3.63, 3.8) is 0 Å². The molecule has 4 nitrogen and oxygen atoms in total. The van der Waals surface area contributed by atoms with Crippen molar-refractivity contribution in [3.8, 4) is 0 Å². The smallest absolute Gasteiger partial charge is 0.262 e. The molecule has 1 atom stereocenters. The molecule has 0 aromatic carbocycles. The maximum absolute atomic E-state index is 13.0. The molecule has 0 aliphatic carbocycles. The third-order valence-electron chi connectivity index (χ3n) is 2.90. The van der Waals surface area contributed by atoms with E-state index in [2.05, 4.69) is 15.6 Å². The van der Waals surface area contributed by atoms with E-state index >= 15 is 0 Å². The Bertz CT molecular complexity index is 487. The van der Waals surface area contributed by atoms with Crippen LogP contribution in [0.2, 0.25) is 0 Å². The van der Waals surface area contributed by atoms with Crippen molar-refractivity contribution in [3.05, 3.63) is 11.1 Å². The lowest BCUT2D eigenvalue weighted by molar-refractivity contribution is -0.118. The molecule has 2 N–H and O–H groups in total. The summed E-state index contributed by atoms with van der Waals surface area (Å²) in [5.41, 5.74) is -0.0424. The van der Waals surface area contributed by atoms with Crippen LogP contribution in [0.15, 0.2) is 6.20 Å². The average molecular weight is 326 g/mol. The number of hydrogen-bond acceptors (Lipinski definition) is 4. The second kappa shape index (κ2) is 5.91. The number of anilines is 1. The summed E-state index contributed by atoms with van der Waals surface area (Å²) >= 11 is 1.37. The van der Waals surface area contributed by atoms with Gasteiger partial charge in [-0.2, -0.15) is 0 Å². The largest absolute Gasteiger partial charge is 0.301 e. The fourth-order valence-electron chi connectivity index (χ4n) is 1.77. The number of halogens is 3. The number of amides is 1. The van der Waals surface area contributed by atoms with Gasteiger partial charge in [0.25, 0.3) is 5.92 Å². The Kier molecular flexibility index (Phi) is 5.10. The Hall–Kier alpha value is -0.790. The number of aromatic nitrogens is 1. The molecular weight excluding hydrogens is 308 g/mol. The Morgan fingerprint density at radius 2 is 2.20 bits per heavy atom. The molecule has 20 heavy (non-hydrogen) atoms. The molecule has 8 heteroatoms. The van der Waals surface area contributed by atoms with Crippen LogP contribution in [0.1, 0.15) is 32.1 Å². The zero-order valence-electron chi connectivity index (χ0n) is 11.5. The molecule has 1 aromatic rings. The van der Waals surface area contributed by atoms with Crippen molar-refractivity contribution >= 4 is 34.8 Å². The summed E-state index contributed by atoms with van der Waals surface area (Å²) in [6.07, 6.45) is 1.24. The Morgan fingerprint density at radius 1 is 1.55 bits per heavy atom. The van der Waals surface area contributed by atoms with Gasteiger partial charge in [-0.15, -0.1) is 23.7 Å². The first-order chi connectivity index (χ1) is 8.67. The molecule has 1 fully saturated rings. The molecule has 2 heterocycles. The fourth-order valence-corrected chi connectivity index (χ4v) is 2.65. The zero-order chi connectivity index (χ0) is 14.3. The summed E-state index contributed by atoms with van der Waals surface area (Å²) in [5, 5.41) is 5.56. The summed E-state index contributed by atoms with van der Waals surface area (Å²) in [4.78, 5) is 17.0. The van der Waals surface area contributed by atoms with Gasteiger partial charge < -0.3 is 5.32 Å². The van der Waals surface area contributed by atoms with Gasteiger partial charge in [0.1, 0.15) is 0 Å². The molecule has 1 aromatic heterocycles. The molecule has 1 amide bonds. The van der Waals surface area contributed by atoms with Gasteiger partial charge in [-0.3, -0.25) is 10.1 Å². The lowest BCUT2D eigenvalue weighted by atomic mass is 9.96. The van der Waals surface area contributed by atoms with Crippen LogP contribution < -0.4 is 10.6 Å². The number of rotatable bonds is 2. The SMILES string of the molecule is CC(C)(C)c1cnc(NC(=O)C2CC(F)(F)CN2)s1.Cl. The van der Waals surface area contributed by atoms with E-state index < -0.39 is 30.8 Å². The highest BCUT2D eigenvalue weighted by Gasteiger charge is 2.42. The van der Waals surface area contributed by atoms with Crippen LogP contribution in [0, 0.1) is 0 Å². The molecule has 0 radical (unpaired) electrons. The van der Waals surface area contributed by atoms with Crippen LogP contribution in [0.25, 0.3) is 0 Å². The Morgan fingerprint density at radius 3 is 2.65 bits per heavy atom. The first-order valence-corrected chi connectivity index (χ1v) is 6.87. The van der Waals surface area contributed by atoms with E-state index in [0.717, 1.165) is 4.88 Å². The molecule has 0 bridgehead atoms. The van der Waals surface area contributed by atoms with Crippen LogP contribution in [-0.2, 0) is 10.2 Å². The van der Waals surface area contributed by atoms with Gasteiger partial charge in [0.15, 0.2) is 5.13 Å². The van der Waals surface area contributed by atoms with Crippen LogP contribution in [0.3, 0.4) is 0 Å². The van der Waals surface area contributed by atoms with Crippen LogP contribution in [0.4, 0.5) is 13.9 Å². The van der Waals surface area contributed by atoms with Crippen molar-refractivity contribution < 1.29 is 13.6 Å². The van der Waals surface area contributed by atoms with Crippen molar-refractivity contribution in [2.75, 3.05) is 11.9 Å². The molecular formula is C12H18ClF2N3OS. The molecule has 2 rings (SSSR count). The van der Waals surface area contributed by atoms with Gasteiger partial charge in [-0.1, -0.05) is 20.8 Å². The Balaban J connectivity index is 0.00000200. The van der Waals surface area contributed by atoms with Gasteiger partial charge in [0.2, 0.25) is 5.91 Å². The van der Waals surface area contributed by atoms with E-state index in [9.17, 15) is 13.6 Å². The Labute approximate surface area is 126 Å². The van der Waals surface area contributed by atoms with E-state index in [-0.39, 0.29) is 17.8 Å². The molecule has 114 valence electrons. The number of alkyl halides is 2. The van der Waals surface area contributed by atoms with Crippen molar-refractivity contribution in [2.45, 2.75) is 44.6 Å². The van der Waals surface area contributed by atoms with Crippen molar-refractivity contribution in [1.82, 2.24) is 10.3 Å². The predicted octanol–water partition coefficient (Wildman–Crippen LogP) is 2.80. The quantitative estimate of drug-likeness (QED) is 0.879. The fraction of sp³-hybridized carbons (Fsp3) is 0.667. The van der Waals surface area contributed by atoms with Gasteiger partial charge in [0, 0.05) is 17.5 Å². The highest BCUT2D eigenvalue weighted by Crippen LogP contribution is 2.31. The maximum Gasteiger partial charge on any atom is 0.262 e. The second-order valence-corrected chi connectivity index (χ2v) is 6.79. The first-order valence-electron chi connectivity index (χ1n) is 6.06.